The molecule has 0 bridgehead atoms. The molecule has 2 aromatic heterocycles. The summed E-state index contributed by atoms with van der Waals surface area (Å²) in [5.74, 6) is 1.60. The van der Waals surface area contributed by atoms with E-state index in [1.807, 2.05) is 37.5 Å². The van der Waals surface area contributed by atoms with Gasteiger partial charge in [-0.1, -0.05) is 12.1 Å². The number of hydrogen-bond donors (Lipinski definition) is 0. The predicted molar refractivity (Wildman–Crippen MR) is 96.9 cm³/mol. The number of para-hydroxylation sites is 1. The van der Waals surface area contributed by atoms with Crippen molar-refractivity contribution in [2.45, 2.75) is 12.6 Å². The van der Waals surface area contributed by atoms with Crippen molar-refractivity contribution in [1.82, 2.24) is 30.1 Å². The van der Waals surface area contributed by atoms with E-state index in [9.17, 15) is 0 Å². The average Bonchev–Trinajstić information content (AvgIpc) is 3.31. The molecule has 4 rings (SSSR count). The molecule has 0 N–H and O–H groups in total. The van der Waals surface area contributed by atoms with E-state index >= 15 is 0 Å². The van der Waals surface area contributed by atoms with Crippen molar-refractivity contribution >= 4 is 11.3 Å². The summed E-state index contributed by atoms with van der Waals surface area (Å²) in [6.45, 7) is 3.13. The molecule has 0 aliphatic carbocycles. The van der Waals surface area contributed by atoms with Gasteiger partial charge in [0.05, 0.1) is 19.3 Å². The van der Waals surface area contributed by atoms with Crippen LogP contribution in [0.2, 0.25) is 0 Å². The maximum Gasteiger partial charge on any atom is 0.181 e. The number of tetrazole rings is 1. The summed E-state index contributed by atoms with van der Waals surface area (Å²) in [5.41, 5.74) is 1.02. The Kier molecular flexibility index (Phi) is 4.91. The fraction of sp³-hybridized carbons (Fsp3) is 0.412. The summed E-state index contributed by atoms with van der Waals surface area (Å²) in [6, 6.07) is 7.96. The zero-order valence-corrected chi connectivity index (χ0v) is 15.5. The molecule has 26 heavy (non-hydrogen) atoms. The Morgan fingerprint density at radius 1 is 1.35 bits per heavy atom. The van der Waals surface area contributed by atoms with Crippen LogP contribution in [0.3, 0.4) is 0 Å². The van der Waals surface area contributed by atoms with Gasteiger partial charge in [-0.2, -0.15) is 0 Å². The van der Waals surface area contributed by atoms with Crippen LogP contribution in [0.25, 0.3) is 10.6 Å². The van der Waals surface area contributed by atoms with Gasteiger partial charge in [0.1, 0.15) is 16.9 Å². The van der Waals surface area contributed by atoms with Gasteiger partial charge in [0.2, 0.25) is 0 Å². The molecule has 1 aliphatic heterocycles. The van der Waals surface area contributed by atoms with Gasteiger partial charge in [0.25, 0.3) is 0 Å². The molecule has 1 saturated heterocycles. The number of hydrogen-bond acceptors (Lipinski definition) is 8. The minimum atomic E-state index is -0.106. The van der Waals surface area contributed by atoms with Crippen LogP contribution in [0.5, 0.6) is 5.75 Å². The van der Waals surface area contributed by atoms with Crippen LogP contribution in [-0.2, 0) is 18.3 Å². The van der Waals surface area contributed by atoms with Crippen LogP contribution in [0.1, 0.15) is 16.8 Å². The maximum absolute atomic E-state index is 5.84. The van der Waals surface area contributed by atoms with Gasteiger partial charge in [-0.15, -0.1) is 16.4 Å². The topological polar surface area (TPSA) is 78.2 Å². The van der Waals surface area contributed by atoms with Gasteiger partial charge < -0.3 is 9.47 Å². The molecule has 1 fully saturated rings. The van der Waals surface area contributed by atoms with Gasteiger partial charge >= 0.3 is 0 Å². The number of rotatable bonds is 5. The summed E-state index contributed by atoms with van der Waals surface area (Å²) in [7, 11) is 3.52. The molecule has 3 aromatic rings. The predicted octanol–water partition coefficient (Wildman–Crippen LogP) is 1.92. The normalized spacial score (nSPS) is 18.2. The Morgan fingerprint density at radius 3 is 3.04 bits per heavy atom. The van der Waals surface area contributed by atoms with Crippen molar-refractivity contribution in [3.05, 3.63) is 41.2 Å². The average molecular weight is 372 g/mol. The smallest absolute Gasteiger partial charge is 0.181 e. The fourth-order valence-corrected chi connectivity index (χ4v) is 4.04. The molecule has 8 nitrogen and oxygen atoms in total. The highest BCUT2D eigenvalue weighted by Crippen LogP contribution is 2.33. The zero-order valence-electron chi connectivity index (χ0n) is 14.7. The van der Waals surface area contributed by atoms with Crippen molar-refractivity contribution in [2.24, 2.45) is 7.05 Å². The number of aromatic nitrogens is 5. The molecular weight excluding hydrogens is 352 g/mol. The third-order valence-corrected chi connectivity index (χ3v) is 5.38. The van der Waals surface area contributed by atoms with Crippen molar-refractivity contribution in [3.63, 3.8) is 0 Å². The van der Waals surface area contributed by atoms with Crippen molar-refractivity contribution in [3.8, 4) is 16.3 Å². The Balaban J connectivity index is 1.46. The SMILES string of the molecule is COc1ccccc1-c1ncc(CN2CCOC(c3nnnn3C)C2)s1. The quantitative estimate of drug-likeness (QED) is 0.677. The summed E-state index contributed by atoms with van der Waals surface area (Å²) in [6.07, 6.45) is 1.84. The molecule has 1 unspecified atom stereocenters. The third kappa shape index (κ3) is 3.46. The second-order valence-corrected chi connectivity index (χ2v) is 7.20. The molecule has 9 heteroatoms. The van der Waals surface area contributed by atoms with E-state index in [0.29, 0.717) is 6.61 Å². The Bertz CT molecular complexity index is 880. The second-order valence-electron chi connectivity index (χ2n) is 6.09. The first-order valence-corrected chi connectivity index (χ1v) is 9.20. The molecule has 1 aromatic carbocycles. The monoisotopic (exact) mass is 372 g/mol. The number of methoxy groups -OCH3 is 1. The van der Waals surface area contributed by atoms with E-state index in [1.165, 1.54) is 4.88 Å². The number of nitrogens with zero attached hydrogens (tertiary/aromatic N) is 6. The summed E-state index contributed by atoms with van der Waals surface area (Å²) in [5, 5.41) is 12.6. The summed E-state index contributed by atoms with van der Waals surface area (Å²) in [4.78, 5) is 8.15. The van der Waals surface area contributed by atoms with Crippen LogP contribution >= 0.6 is 11.3 Å². The lowest BCUT2D eigenvalue weighted by Crippen LogP contribution is -2.38. The maximum atomic E-state index is 5.84. The van der Waals surface area contributed by atoms with Gasteiger partial charge in [-0.25, -0.2) is 9.67 Å². The van der Waals surface area contributed by atoms with Crippen molar-refractivity contribution in [2.75, 3.05) is 26.8 Å². The van der Waals surface area contributed by atoms with Crippen molar-refractivity contribution < 1.29 is 9.47 Å². The highest BCUT2D eigenvalue weighted by molar-refractivity contribution is 7.15. The van der Waals surface area contributed by atoms with Gasteiger partial charge in [-0.3, -0.25) is 4.90 Å². The molecule has 0 spiro atoms. The van der Waals surface area contributed by atoms with Gasteiger partial charge in [0, 0.05) is 37.8 Å². The second kappa shape index (κ2) is 7.48. The number of benzene rings is 1. The van der Waals surface area contributed by atoms with Crippen molar-refractivity contribution in [1.29, 1.82) is 0 Å². The molecule has 136 valence electrons. The first-order valence-electron chi connectivity index (χ1n) is 8.39. The lowest BCUT2D eigenvalue weighted by Gasteiger charge is -2.31. The first-order chi connectivity index (χ1) is 12.7. The molecule has 0 amide bonds. The van der Waals surface area contributed by atoms with E-state index in [-0.39, 0.29) is 6.10 Å². The highest BCUT2D eigenvalue weighted by atomic mass is 32.1. The van der Waals surface area contributed by atoms with Gasteiger partial charge in [-0.05, 0) is 22.6 Å². The first kappa shape index (κ1) is 17.1. The van der Waals surface area contributed by atoms with E-state index in [1.54, 1.807) is 23.1 Å². The lowest BCUT2D eigenvalue weighted by molar-refractivity contribution is -0.0386. The number of thiazole rings is 1. The minimum Gasteiger partial charge on any atom is -0.496 e. The largest absolute Gasteiger partial charge is 0.496 e. The van der Waals surface area contributed by atoms with Crippen LogP contribution in [-0.4, -0.2) is 56.9 Å². The molecule has 0 saturated carbocycles. The number of aryl methyl sites for hydroxylation is 1. The number of morpholine rings is 1. The Labute approximate surface area is 155 Å². The minimum absolute atomic E-state index is 0.106. The molecule has 0 radical (unpaired) electrons. The molecular formula is C17H20N6O2S. The summed E-state index contributed by atoms with van der Waals surface area (Å²) >= 11 is 1.69. The van der Waals surface area contributed by atoms with Gasteiger partial charge in [0.15, 0.2) is 5.82 Å². The molecule has 1 atom stereocenters. The van der Waals surface area contributed by atoms with Crippen LogP contribution in [0.15, 0.2) is 30.5 Å². The highest BCUT2D eigenvalue weighted by Gasteiger charge is 2.26. The standard InChI is InChI=1S/C17H20N6O2S/c1-22-16(19-20-21-22)15-11-23(7-8-25-15)10-12-9-18-17(26-12)13-5-3-4-6-14(13)24-2/h3-6,9,15H,7-8,10-11H2,1-2H3. The zero-order chi connectivity index (χ0) is 17.9. The van der Waals surface area contributed by atoms with E-state index in [4.69, 9.17) is 9.47 Å². The molecule has 3 heterocycles. The number of ether oxygens (including phenoxy) is 2. The lowest BCUT2D eigenvalue weighted by atomic mass is 10.2. The third-order valence-electron chi connectivity index (χ3n) is 4.36. The molecule has 1 aliphatic rings. The van der Waals surface area contributed by atoms with Crippen LogP contribution in [0.4, 0.5) is 0 Å². The fourth-order valence-electron chi connectivity index (χ4n) is 3.06. The van der Waals surface area contributed by atoms with E-state index in [2.05, 4.69) is 25.4 Å². The van der Waals surface area contributed by atoms with E-state index < -0.39 is 0 Å². The van der Waals surface area contributed by atoms with E-state index in [0.717, 1.165) is 41.8 Å². The van der Waals surface area contributed by atoms with Crippen LogP contribution < -0.4 is 4.74 Å². The van der Waals surface area contributed by atoms with Crippen LogP contribution in [0, 0.1) is 0 Å². The Morgan fingerprint density at radius 2 is 2.23 bits per heavy atom. The summed E-state index contributed by atoms with van der Waals surface area (Å²) < 4.78 is 13.0. The Hall–Kier alpha value is -2.36.